The number of hydrogen-bond donors (Lipinski definition) is 1. The summed E-state index contributed by atoms with van der Waals surface area (Å²) in [5.74, 6) is 1.42. The number of halogens is 1. The van der Waals surface area contributed by atoms with Crippen molar-refractivity contribution in [2.24, 2.45) is 0 Å². The van der Waals surface area contributed by atoms with E-state index in [9.17, 15) is 4.79 Å². The van der Waals surface area contributed by atoms with Crippen molar-refractivity contribution >= 4 is 54.2 Å². The lowest BCUT2D eigenvalue weighted by Gasteiger charge is -2.09. The van der Waals surface area contributed by atoms with Crippen molar-refractivity contribution in [3.05, 3.63) is 63.6 Å². The van der Waals surface area contributed by atoms with Gasteiger partial charge in [0.05, 0.1) is 11.1 Å². The summed E-state index contributed by atoms with van der Waals surface area (Å²) in [5, 5.41) is 4.60. The summed E-state index contributed by atoms with van der Waals surface area (Å²) >= 11 is 5.06. The maximum absolute atomic E-state index is 12.1. The molecule has 0 unspecified atom stereocenters. The van der Waals surface area contributed by atoms with Crippen molar-refractivity contribution in [2.75, 3.05) is 7.05 Å². The van der Waals surface area contributed by atoms with Crippen LogP contribution in [0.15, 0.2) is 53.1 Å². The highest BCUT2D eigenvalue weighted by atomic mass is 79.9. The zero-order chi connectivity index (χ0) is 18.3. The maximum atomic E-state index is 12.1. The lowest BCUT2D eigenvalue weighted by atomic mass is 10.1. The van der Waals surface area contributed by atoms with Crippen LogP contribution in [0.1, 0.15) is 22.7 Å². The lowest BCUT2D eigenvalue weighted by Crippen LogP contribution is -2.18. The third-order valence-electron chi connectivity index (χ3n) is 4.18. The third-order valence-corrected chi connectivity index (χ3v) is 5.75. The smallest absolute Gasteiger partial charge is 0.252 e. The number of rotatable bonds is 3. The number of fused-ring (bicyclic) bond motifs is 2. The molecule has 0 spiro atoms. The van der Waals surface area contributed by atoms with Gasteiger partial charge in [0.1, 0.15) is 11.5 Å². The van der Waals surface area contributed by atoms with Gasteiger partial charge in [-0.15, -0.1) is 11.3 Å². The van der Waals surface area contributed by atoms with Crippen LogP contribution < -0.4 is 10.1 Å². The van der Waals surface area contributed by atoms with Crippen LogP contribution >= 0.6 is 27.3 Å². The van der Waals surface area contributed by atoms with Crippen molar-refractivity contribution in [1.29, 1.82) is 0 Å². The second kappa shape index (κ2) is 7.66. The van der Waals surface area contributed by atoms with Gasteiger partial charge in [-0.2, -0.15) is 0 Å². The Bertz CT molecular complexity index is 1150. The molecule has 4 rings (SSSR count). The summed E-state index contributed by atoms with van der Waals surface area (Å²) in [7, 11) is 1.65. The number of ether oxygens (including phenoxy) is 1. The number of amides is 1. The largest absolute Gasteiger partial charge is 0.457 e. The first-order valence-corrected chi connectivity index (χ1v) is 9.65. The lowest BCUT2D eigenvalue weighted by molar-refractivity contribution is 0.0964. The van der Waals surface area contributed by atoms with E-state index in [1.165, 1.54) is 0 Å². The van der Waals surface area contributed by atoms with Gasteiger partial charge in [0, 0.05) is 38.1 Å². The van der Waals surface area contributed by atoms with E-state index >= 15 is 0 Å². The number of hydrogen-bond acceptors (Lipinski definition) is 4. The first-order chi connectivity index (χ1) is 12.6. The normalized spacial score (nSPS) is 10.6. The van der Waals surface area contributed by atoms with E-state index in [0.29, 0.717) is 0 Å². The van der Waals surface area contributed by atoms with Gasteiger partial charge in [0.2, 0.25) is 0 Å². The Morgan fingerprint density at radius 3 is 2.70 bits per heavy atom. The Balaban J connectivity index is 0.00000210. The van der Waals surface area contributed by atoms with Gasteiger partial charge in [-0.3, -0.25) is 9.78 Å². The molecule has 27 heavy (non-hydrogen) atoms. The first-order valence-electron chi connectivity index (χ1n) is 8.04. The molecule has 0 fully saturated rings. The molecule has 0 aliphatic carbocycles. The van der Waals surface area contributed by atoms with Crippen molar-refractivity contribution in [1.82, 2.24) is 10.3 Å². The van der Waals surface area contributed by atoms with E-state index in [1.54, 1.807) is 24.6 Å². The van der Waals surface area contributed by atoms with Crippen LogP contribution in [0.25, 0.3) is 21.0 Å². The molecule has 6 heteroatoms. The molecule has 4 aromatic rings. The molecule has 4 nitrogen and oxygen atoms in total. The fourth-order valence-corrected chi connectivity index (χ4v) is 4.42. The van der Waals surface area contributed by atoms with E-state index < -0.39 is 0 Å². The van der Waals surface area contributed by atoms with Crippen molar-refractivity contribution in [2.45, 2.75) is 14.4 Å². The van der Waals surface area contributed by atoms with Crippen LogP contribution in [0, 0.1) is 6.92 Å². The van der Waals surface area contributed by atoms with Gasteiger partial charge in [-0.25, -0.2) is 0 Å². The molecule has 0 bridgehead atoms. The Morgan fingerprint density at radius 1 is 1.15 bits per heavy atom. The molecule has 2 heterocycles. The highest BCUT2D eigenvalue weighted by Gasteiger charge is 2.16. The summed E-state index contributed by atoms with van der Waals surface area (Å²) < 4.78 is 8.13. The number of carbonyl (C=O) groups is 1. The number of thiophene rings is 1. The second-order valence-corrected chi connectivity index (χ2v) is 8.01. The average molecular weight is 443 g/mol. The monoisotopic (exact) mass is 442 g/mol. The molecule has 0 aliphatic heterocycles. The van der Waals surface area contributed by atoms with Crippen LogP contribution in [-0.4, -0.2) is 17.9 Å². The zero-order valence-electron chi connectivity index (χ0n) is 14.2. The molecule has 0 saturated carbocycles. The van der Waals surface area contributed by atoms with Gasteiger partial charge < -0.3 is 10.1 Å². The number of pyridine rings is 1. The predicted molar refractivity (Wildman–Crippen MR) is 116 cm³/mol. The molecule has 2 aromatic carbocycles. The Kier molecular flexibility index (Phi) is 5.48. The molecule has 1 N–H and O–H groups in total. The average Bonchev–Trinajstić information content (AvgIpc) is 2.96. The molecule has 0 saturated heterocycles. The van der Waals surface area contributed by atoms with E-state index in [2.05, 4.69) is 26.2 Å². The predicted octanol–water partition coefficient (Wildman–Crippen LogP) is 6.31. The summed E-state index contributed by atoms with van der Waals surface area (Å²) in [4.78, 5) is 17.5. The molecule has 1 amide bonds. The number of carbonyl (C=O) groups excluding carboxylic acids is 1. The number of aryl methyl sites for hydroxylation is 1. The Morgan fingerprint density at radius 2 is 1.93 bits per heavy atom. The Labute approximate surface area is 170 Å². The highest BCUT2D eigenvalue weighted by molar-refractivity contribution is 9.10. The fraction of sp³-hybridized carbons (Fsp3) is 0.143. The Hall–Kier alpha value is -2.44. The van der Waals surface area contributed by atoms with Crippen LogP contribution in [-0.2, 0) is 0 Å². The van der Waals surface area contributed by atoms with Gasteiger partial charge in [-0.05, 0) is 49.4 Å². The van der Waals surface area contributed by atoms with Gasteiger partial charge in [0.25, 0.3) is 5.91 Å². The molecule has 0 aliphatic rings. The number of benzene rings is 2. The summed E-state index contributed by atoms with van der Waals surface area (Å²) in [6, 6.07) is 13.6. The van der Waals surface area contributed by atoms with E-state index in [-0.39, 0.29) is 13.3 Å². The minimum absolute atomic E-state index is 0. The molecule has 0 atom stereocenters. The second-order valence-electron chi connectivity index (χ2n) is 5.84. The van der Waals surface area contributed by atoms with E-state index in [4.69, 9.17) is 4.74 Å². The van der Waals surface area contributed by atoms with Crippen LogP contribution in [0.3, 0.4) is 0 Å². The topological polar surface area (TPSA) is 51.2 Å². The van der Waals surface area contributed by atoms with Crippen LogP contribution in [0.2, 0.25) is 0 Å². The molecular weight excluding hydrogens is 424 g/mol. The number of nitrogens with zero attached hydrogens (tertiary/aromatic N) is 1. The minimum atomic E-state index is -0.0619. The van der Waals surface area contributed by atoms with E-state index in [0.717, 1.165) is 47.4 Å². The SMILES string of the molecule is C.CNC(=O)c1c(C)sc2cc(Oc3ccnc4cc(Br)ccc34)ccc12. The third kappa shape index (κ3) is 3.55. The van der Waals surface area contributed by atoms with Crippen molar-refractivity contribution in [3.63, 3.8) is 0 Å². The minimum Gasteiger partial charge on any atom is -0.457 e. The maximum Gasteiger partial charge on any atom is 0.252 e. The molecular formula is C21H19BrN2O2S. The summed E-state index contributed by atoms with van der Waals surface area (Å²) in [5.41, 5.74) is 1.60. The standard InChI is InChI=1S/C20H15BrN2O2S.CH4/c1-11-19(20(24)22-2)15-6-4-13(10-18(15)26-11)25-17-7-8-23-16-9-12(21)3-5-14(16)17;/h3-10H,1-2H3,(H,22,24);1H4. The molecule has 2 aromatic heterocycles. The van der Waals surface area contributed by atoms with Crippen LogP contribution in [0.4, 0.5) is 0 Å². The first kappa shape index (κ1) is 19.3. The summed E-state index contributed by atoms with van der Waals surface area (Å²) in [6.45, 7) is 1.96. The van der Waals surface area contributed by atoms with Gasteiger partial charge in [0.15, 0.2) is 0 Å². The molecule has 0 radical (unpaired) electrons. The van der Waals surface area contributed by atoms with Gasteiger partial charge in [-0.1, -0.05) is 23.4 Å². The zero-order valence-corrected chi connectivity index (χ0v) is 16.6. The van der Waals surface area contributed by atoms with Crippen molar-refractivity contribution in [3.8, 4) is 11.5 Å². The fourth-order valence-electron chi connectivity index (χ4n) is 2.98. The van der Waals surface area contributed by atoms with Crippen LogP contribution in [0.5, 0.6) is 11.5 Å². The molecule has 138 valence electrons. The quantitative estimate of drug-likeness (QED) is 0.404. The van der Waals surface area contributed by atoms with Crippen molar-refractivity contribution < 1.29 is 9.53 Å². The summed E-state index contributed by atoms with van der Waals surface area (Å²) in [6.07, 6.45) is 1.74. The number of nitrogens with one attached hydrogen (secondary N) is 1. The van der Waals surface area contributed by atoms with E-state index in [1.807, 2.05) is 49.4 Å². The highest BCUT2D eigenvalue weighted by Crippen LogP contribution is 2.36. The van der Waals surface area contributed by atoms with Gasteiger partial charge >= 0.3 is 0 Å². The number of aromatic nitrogens is 1.